The van der Waals surface area contributed by atoms with Crippen molar-refractivity contribution in [3.8, 4) is 0 Å². The Bertz CT molecular complexity index is 321. The Morgan fingerprint density at radius 2 is 2.56 bits per heavy atom. The minimum atomic E-state index is 0.129. The van der Waals surface area contributed by atoms with Crippen LogP contribution in [0.25, 0.3) is 0 Å². The van der Waals surface area contributed by atoms with Crippen LogP contribution in [0.2, 0.25) is 0 Å². The molecule has 0 radical (unpaired) electrons. The van der Waals surface area contributed by atoms with E-state index in [0.29, 0.717) is 5.25 Å². The molecule has 1 aromatic heterocycles. The van der Waals surface area contributed by atoms with Gasteiger partial charge in [-0.1, -0.05) is 0 Å². The van der Waals surface area contributed by atoms with Gasteiger partial charge in [-0.25, -0.2) is 4.98 Å². The third-order valence-corrected chi connectivity index (χ3v) is 5.91. The first-order valence-electron chi connectivity index (χ1n) is 5.62. The van der Waals surface area contributed by atoms with E-state index in [2.05, 4.69) is 11.6 Å². The second-order valence-corrected chi connectivity index (χ2v) is 7.19. The van der Waals surface area contributed by atoms with Gasteiger partial charge in [-0.3, -0.25) is 0 Å². The molecule has 0 spiro atoms. The van der Waals surface area contributed by atoms with Crippen molar-refractivity contribution in [3.63, 3.8) is 0 Å². The largest absolute Gasteiger partial charge is 0.323 e. The molecule has 2 unspecified atom stereocenters. The highest BCUT2D eigenvalue weighted by Gasteiger charge is 2.21. The van der Waals surface area contributed by atoms with Crippen molar-refractivity contribution in [3.05, 3.63) is 16.1 Å². The molecule has 0 saturated carbocycles. The van der Waals surface area contributed by atoms with Gasteiger partial charge in [0.15, 0.2) is 0 Å². The molecule has 2 rings (SSSR count). The van der Waals surface area contributed by atoms with E-state index in [4.69, 9.17) is 10.7 Å². The zero-order valence-corrected chi connectivity index (χ0v) is 12.0. The van der Waals surface area contributed by atoms with Gasteiger partial charge >= 0.3 is 0 Å². The summed E-state index contributed by atoms with van der Waals surface area (Å²) >= 11 is 5.68. The maximum Gasteiger partial charge on any atom is 0.106 e. The van der Waals surface area contributed by atoms with Gasteiger partial charge in [0.2, 0.25) is 0 Å². The molecule has 2 nitrogen and oxygen atoms in total. The van der Waals surface area contributed by atoms with Crippen molar-refractivity contribution in [2.75, 3.05) is 17.8 Å². The van der Waals surface area contributed by atoms with Gasteiger partial charge in [0.1, 0.15) is 5.01 Å². The number of rotatable bonds is 5. The van der Waals surface area contributed by atoms with Crippen LogP contribution in [0.15, 0.2) is 5.38 Å². The van der Waals surface area contributed by atoms with Crippen LogP contribution in [0, 0.1) is 0 Å². The first-order chi connectivity index (χ1) is 7.81. The molecule has 1 fully saturated rings. The normalized spacial score (nSPS) is 22.5. The Balaban J connectivity index is 1.95. The Kier molecular flexibility index (Phi) is 5.00. The van der Waals surface area contributed by atoms with Crippen LogP contribution in [0.3, 0.4) is 0 Å². The van der Waals surface area contributed by atoms with Gasteiger partial charge in [0.05, 0.1) is 10.9 Å². The van der Waals surface area contributed by atoms with E-state index in [-0.39, 0.29) is 6.04 Å². The lowest BCUT2D eigenvalue weighted by Crippen LogP contribution is -2.11. The van der Waals surface area contributed by atoms with E-state index in [1.165, 1.54) is 23.6 Å². The zero-order valence-electron chi connectivity index (χ0n) is 9.52. The fourth-order valence-electron chi connectivity index (χ4n) is 1.78. The van der Waals surface area contributed by atoms with Crippen LogP contribution in [0.5, 0.6) is 0 Å². The predicted molar refractivity (Wildman–Crippen MR) is 76.5 cm³/mol. The standard InChI is InChI=1S/C11H18N2S3/c1-14-6-4-8(12)9-7-16-11(13-9)10-3-2-5-15-10/h7-8,10H,2-6,12H2,1H3. The van der Waals surface area contributed by atoms with Gasteiger partial charge in [-0.15, -0.1) is 11.3 Å². The Labute approximate surface area is 110 Å². The second kappa shape index (κ2) is 6.28. The van der Waals surface area contributed by atoms with Crippen LogP contribution in [0.1, 0.15) is 41.3 Å². The third-order valence-electron chi connectivity index (χ3n) is 2.76. The molecule has 90 valence electrons. The lowest BCUT2D eigenvalue weighted by molar-refractivity contribution is 0.681. The number of thiazole rings is 1. The molecule has 2 heterocycles. The van der Waals surface area contributed by atoms with Crippen LogP contribution in [0.4, 0.5) is 0 Å². The molecule has 1 aromatic rings. The summed E-state index contributed by atoms with van der Waals surface area (Å²) in [6.45, 7) is 0. The van der Waals surface area contributed by atoms with E-state index < -0.39 is 0 Å². The molecule has 0 aromatic carbocycles. The first kappa shape index (κ1) is 12.7. The topological polar surface area (TPSA) is 38.9 Å². The van der Waals surface area contributed by atoms with E-state index in [1.54, 1.807) is 11.3 Å². The minimum Gasteiger partial charge on any atom is -0.323 e. The van der Waals surface area contributed by atoms with Crippen LogP contribution in [-0.4, -0.2) is 22.7 Å². The fourth-order valence-corrected chi connectivity index (χ4v) is 4.69. The average molecular weight is 274 g/mol. The monoisotopic (exact) mass is 274 g/mol. The summed E-state index contributed by atoms with van der Waals surface area (Å²) in [5.74, 6) is 2.41. The van der Waals surface area contributed by atoms with E-state index in [0.717, 1.165) is 17.9 Å². The molecule has 0 amide bonds. The minimum absolute atomic E-state index is 0.129. The molecule has 1 aliphatic heterocycles. The lowest BCUT2D eigenvalue weighted by atomic mass is 10.2. The summed E-state index contributed by atoms with van der Waals surface area (Å²) in [4.78, 5) is 4.71. The number of hydrogen-bond donors (Lipinski definition) is 1. The molecular formula is C11H18N2S3. The first-order valence-corrected chi connectivity index (χ1v) is 8.95. The predicted octanol–water partition coefficient (Wildman–Crippen LogP) is 3.46. The number of nitrogens with two attached hydrogens (primary N) is 1. The highest BCUT2D eigenvalue weighted by atomic mass is 32.2. The Morgan fingerprint density at radius 1 is 1.69 bits per heavy atom. The number of hydrogen-bond acceptors (Lipinski definition) is 5. The SMILES string of the molecule is CSCCC(N)c1csc(C2CCCS2)n1. The van der Waals surface area contributed by atoms with Crippen molar-refractivity contribution in [2.45, 2.75) is 30.6 Å². The molecule has 1 saturated heterocycles. The summed E-state index contributed by atoms with van der Waals surface area (Å²) in [5.41, 5.74) is 7.22. The number of thioether (sulfide) groups is 2. The van der Waals surface area contributed by atoms with Gasteiger partial charge in [0.25, 0.3) is 0 Å². The van der Waals surface area contributed by atoms with Gasteiger partial charge in [-0.05, 0) is 37.0 Å². The summed E-state index contributed by atoms with van der Waals surface area (Å²) in [7, 11) is 0. The van der Waals surface area contributed by atoms with Crippen molar-refractivity contribution in [1.82, 2.24) is 4.98 Å². The molecule has 0 bridgehead atoms. The maximum absolute atomic E-state index is 6.12. The molecule has 1 aliphatic rings. The Morgan fingerprint density at radius 3 is 3.25 bits per heavy atom. The average Bonchev–Trinajstić information content (AvgIpc) is 2.94. The van der Waals surface area contributed by atoms with E-state index >= 15 is 0 Å². The summed E-state index contributed by atoms with van der Waals surface area (Å²) in [5, 5.41) is 4.09. The highest BCUT2D eigenvalue weighted by Crippen LogP contribution is 2.41. The molecule has 0 aliphatic carbocycles. The fraction of sp³-hybridized carbons (Fsp3) is 0.727. The molecule has 5 heteroatoms. The smallest absolute Gasteiger partial charge is 0.106 e. The van der Waals surface area contributed by atoms with Crippen LogP contribution in [-0.2, 0) is 0 Å². The zero-order chi connectivity index (χ0) is 11.4. The molecule has 2 N–H and O–H groups in total. The van der Waals surface area contributed by atoms with Crippen molar-refractivity contribution < 1.29 is 0 Å². The molecule has 2 atom stereocenters. The summed E-state index contributed by atoms with van der Waals surface area (Å²) in [6.07, 6.45) is 5.77. The quantitative estimate of drug-likeness (QED) is 0.892. The lowest BCUT2D eigenvalue weighted by Gasteiger charge is -2.07. The van der Waals surface area contributed by atoms with Gasteiger partial charge in [0, 0.05) is 11.4 Å². The van der Waals surface area contributed by atoms with Gasteiger partial charge in [-0.2, -0.15) is 23.5 Å². The van der Waals surface area contributed by atoms with Crippen LogP contribution >= 0.6 is 34.9 Å². The van der Waals surface area contributed by atoms with Crippen LogP contribution < -0.4 is 5.73 Å². The number of nitrogens with zero attached hydrogens (tertiary/aromatic N) is 1. The third kappa shape index (κ3) is 3.15. The highest BCUT2D eigenvalue weighted by molar-refractivity contribution is 7.99. The second-order valence-electron chi connectivity index (χ2n) is 4.00. The van der Waals surface area contributed by atoms with Crippen molar-refractivity contribution in [1.29, 1.82) is 0 Å². The van der Waals surface area contributed by atoms with Crippen molar-refractivity contribution in [2.24, 2.45) is 5.73 Å². The maximum atomic E-state index is 6.12. The van der Waals surface area contributed by atoms with Gasteiger partial charge < -0.3 is 5.73 Å². The molecular weight excluding hydrogens is 256 g/mol. The van der Waals surface area contributed by atoms with E-state index in [1.807, 2.05) is 23.5 Å². The van der Waals surface area contributed by atoms with E-state index in [9.17, 15) is 0 Å². The van der Waals surface area contributed by atoms with Crippen molar-refractivity contribution >= 4 is 34.9 Å². The summed E-state index contributed by atoms with van der Waals surface area (Å²) in [6, 6.07) is 0.129. The summed E-state index contributed by atoms with van der Waals surface area (Å²) < 4.78 is 0. The number of aromatic nitrogens is 1. The molecule has 16 heavy (non-hydrogen) atoms. The Hall–Kier alpha value is 0.290.